The molecule has 3 saturated carbocycles. The van der Waals surface area contributed by atoms with Gasteiger partial charge in [-0.05, 0) is 63.2 Å². The van der Waals surface area contributed by atoms with Gasteiger partial charge in [0, 0.05) is 10.8 Å². The molecule has 0 aromatic rings. The minimum Gasteiger partial charge on any atom is -0.385 e. The van der Waals surface area contributed by atoms with Crippen LogP contribution in [0.5, 0.6) is 0 Å². The molecular formula is C21H30O3. The first kappa shape index (κ1) is 16.5. The van der Waals surface area contributed by atoms with Gasteiger partial charge >= 0.3 is 0 Å². The SMILES string of the molecule is CC(=O)[C@@]1(O)CC[C@H]2[C@@H]3CCC4=C[C@H](O)C=C[C@]4(C)[C@H]3CC[C@@]21C. The van der Waals surface area contributed by atoms with Crippen LogP contribution in [0.25, 0.3) is 0 Å². The van der Waals surface area contributed by atoms with E-state index in [9.17, 15) is 15.0 Å². The second kappa shape index (κ2) is 5.04. The van der Waals surface area contributed by atoms with Crippen molar-refractivity contribution in [1.29, 1.82) is 0 Å². The van der Waals surface area contributed by atoms with Crippen molar-refractivity contribution in [3.63, 3.8) is 0 Å². The van der Waals surface area contributed by atoms with Gasteiger partial charge in [-0.1, -0.05) is 37.6 Å². The molecule has 0 radical (unpaired) electrons. The Balaban J connectivity index is 1.70. The molecule has 7 atom stereocenters. The number of hydrogen-bond acceptors (Lipinski definition) is 3. The highest BCUT2D eigenvalue weighted by atomic mass is 16.3. The van der Waals surface area contributed by atoms with Crippen molar-refractivity contribution in [2.24, 2.45) is 28.6 Å². The second-order valence-electron chi connectivity index (χ2n) is 9.15. The molecule has 0 aromatic heterocycles. The van der Waals surface area contributed by atoms with Crippen molar-refractivity contribution in [3.8, 4) is 0 Å². The van der Waals surface area contributed by atoms with Crippen LogP contribution < -0.4 is 0 Å². The lowest BCUT2D eigenvalue weighted by Gasteiger charge is -2.58. The maximum Gasteiger partial charge on any atom is 0.161 e. The summed E-state index contributed by atoms with van der Waals surface area (Å²) < 4.78 is 0. The second-order valence-corrected chi connectivity index (χ2v) is 9.15. The summed E-state index contributed by atoms with van der Waals surface area (Å²) in [4.78, 5) is 12.2. The van der Waals surface area contributed by atoms with Gasteiger partial charge in [-0.3, -0.25) is 4.79 Å². The molecule has 3 heteroatoms. The normalized spacial score (nSPS) is 53.0. The molecule has 0 aromatic carbocycles. The van der Waals surface area contributed by atoms with Crippen molar-refractivity contribution in [2.45, 2.75) is 71.0 Å². The summed E-state index contributed by atoms with van der Waals surface area (Å²) in [6.07, 6.45) is 11.5. The molecule has 0 heterocycles. The first-order valence-corrected chi connectivity index (χ1v) is 9.54. The minimum absolute atomic E-state index is 0.0421. The number of Topliss-reactive ketones (excluding diaryl/α,β-unsaturated/α-hetero) is 1. The first-order chi connectivity index (χ1) is 11.2. The Morgan fingerprint density at radius 1 is 1.17 bits per heavy atom. The highest BCUT2D eigenvalue weighted by Crippen LogP contribution is 2.67. The van der Waals surface area contributed by atoms with Crippen LogP contribution in [0.4, 0.5) is 0 Å². The zero-order valence-corrected chi connectivity index (χ0v) is 15.1. The number of hydrogen-bond donors (Lipinski definition) is 2. The zero-order chi connectivity index (χ0) is 17.3. The topological polar surface area (TPSA) is 57.5 Å². The van der Waals surface area contributed by atoms with Crippen LogP contribution >= 0.6 is 0 Å². The maximum atomic E-state index is 12.2. The Morgan fingerprint density at radius 3 is 2.58 bits per heavy atom. The zero-order valence-electron chi connectivity index (χ0n) is 15.1. The van der Waals surface area contributed by atoms with Gasteiger partial charge < -0.3 is 10.2 Å². The molecule has 0 unspecified atom stereocenters. The lowest BCUT2D eigenvalue weighted by molar-refractivity contribution is -0.158. The minimum atomic E-state index is -1.13. The molecule has 4 aliphatic carbocycles. The predicted molar refractivity (Wildman–Crippen MR) is 93.2 cm³/mol. The van der Waals surface area contributed by atoms with Crippen molar-refractivity contribution in [2.75, 3.05) is 0 Å². The van der Waals surface area contributed by atoms with E-state index >= 15 is 0 Å². The van der Waals surface area contributed by atoms with E-state index in [-0.39, 0.29) is 16.6 Å². The van der Waals surface area contributed by atoms with Gasteiger partial charge in [0.15, 0.2) is 5.78 Å². The summed E-state index contributed by atoms with van der Waals surface area (Å²) in [7, 11) is 0. The lowest BCUT2D eigenvalue weighted by atomic mass is 9.47. The number of aliphatic hydroxyl groups is 2. The smallest absolute Gasteiger partial charge is 0.161 e. The Kier molecular flexibility index (Phi) is 3.48. The van der Waals surface area contributed by atoms with Crippen LogP contribution in [-0.4, -0.2) is 27.7 Å². The summed E-state index contributed by atoms with van der Waals surface area (Å²) in [6, 6.07) is 0. The molecule has 0 spiro atoms. The molecule has 2 N–H and O–H groups in total. The number of fused-ring (bicyclic) bond motifs is 5. The monoisotopic (exact) mass is 330 g/mol. The van der Waals surface area contributed by atoms with E-state index in [0.717, 1.165) is 32.1 Å². The molecule has 3 fully saturated rings. The van der Waals surface area contributed by atoms with Crippen LogP contribution in [0.15, 0.2) is 23.8 Å². The number of aliphatic hydroxyl groups excluding tert-OH is 1. The Morgan fingerprint density at radius 2 is 1.88 bits per heavy atom. The van der Waals surface area contributed by atoms with E-state index in [1.54, 1.807) is 6.92 Å². The summed E-state index contributed by atoms with van der Waals surface area (Å²) >= 11 is 0. The summed E-state index contributed by atoms with van der Waals surface area (Å²) in [5.74, 6) is 1.52. The fraction of sp³-hybridized carbons (Fsp3) is 0.762. The quantitative estimate of drug-likeness (QED) is 0.725. The molecule has 24 heavy (non-hydrogen) atoms. The lowest BCUT2D eigenvalue weighted by Crippen LogP contribution is -2.56. The molecule has 0 amide bonds. The summed E-state index contributed by atoms with van der Waals surface area (Å²) in [5.41, 5.74) is 0.0379. The number of carbonyl (C=O) groups is 1. The van der Waals surface area contributed by atoms with Gasteiger partial charge in [0.25, 0.3) is 0 Å². The van der Waals surface area contributed by atoms with Gasteiger partial charge in [0.2, 0.25) is 0 Å². The highest BCUT2D eigenvalue weighted by Gasteiger charge is 2.65. The van der Waals surface area contributed by atoms with Crippen molar-refractivity contribution < 1.29 is 15.0 Å². The molecule has 132 valence electrons. The molecule has 0 saturated heterocycles. The summed E-state index contributed by atoms with van der Waals surface area (Å²) in [5, 5.41) is 21.1. The molecule has 0 bridgehead atoms. The van der Waals surface area contributed by atoms with E-state index in [1.807, 2.05) is 12.2 Å². The maximum absolute atomic E-state index is 12.2. The Labute approximate surface area is 144 Å². The van der Waals surface area contributed by atoms with E-state index < -0.39 is 11.7 Å². The van der Waals surface area contributed by atoms with E-state index in [2.05, 4.69) is 19.9 Å². The van der Waals surface area contributed by atoms with Gasteiger partial charge in [-0.15, -0.1) is 0 Å². The van der Waals surface area contributed by atoms with Crippen LogP contribution in [0.2, 0.25) is 0 Å². The van der Waals surface area contributed by atoms with E-state index in [4.69, 9.17) is 0 Å². The largest absolute Gasteiger partial charge is 0.385 e. The van der Waals surface area contributed by atoms with Crippen LogP contribution in [-0.2, 0) is 4.79 Å². The van der Waals surface area contributed by atoms with Crippen molar-refractivity contribution in [1.82, 2.24) is 0 Å². The van der Waals surface area contributed by atoms with Crippen LogP contribution in [0.3, 0.4) is 0 Å². The van der Waals surface area contributed by atoms with Gasteiger partial charge in [0.1, 0.15) is 5.60 Å². The highest BCUT2D eigenvalue weighted by molar-refractivity contribution is 5.86. The average Bonchev–Trinajstić information content (AvgIpc) is 2.81. The van der Waals surface area contributed by atoms with Crippen molar-refractivity contribution >= 4 is 5.78 Å². The van der Waals surface area contributed by atoms with E-state index in [1.165, 1.54) is 5.57 Å². The average molecular weight is 330 g/mol. The molecule has 4 aliphatic rings. The third kappa shape index (κ3) is 1.89. The van der Waals surface area contributed by atoms with Gasteiger partial charge in [-0.25, -0.2) is 0 Å². The summed E-state index contributed by atoms with van der Waals surface area (Å²) in [6.45, 7) is 6.05. The third-order valence-electron chi connectivity index (χ3n) is 8.39. The standard InChI is InChI=1S/C21H30O3/c1-13(22)21(24)11-8-18-16-5-4-14-12-15(23)6-9-19(14,2)17(16)7-10-20(18,21)3/h6,9,12,15-18,23-24H,4-5,7-8,10-11H2,1-3H3/t15-,16-,17+,18+,19+,20+,21+/m1/s1. The van der Waals surface area contributed by atoms with E-state index in [0.29, 0.717) is 24.2 Å². The number of allylic oxidation sites excluding steroid dienone is 2. The first-order valence-electron chi connectivity index (χ1n) is 9.54. The van der Waals surface area contributed by atoms with Gasteiger partial charge in [0.05, 0.1) is 6.10 Å². The molecule has 3 nitrogen and oxygen atoms in total. The molecule has 0 aliphatic heterocycles. The van der Waals surface area contributed by atoms with Crippen LogP contribution in [0, 0.1) is 28.6 Å². The van der Waals surface area contributed by atoms with Crippen molar-refractivity contribution in [3.05, 3.63) is 23.8 Å². The number of carbonyl (C=O) groups excluding carboxylic acids is 1. The fourth-order valence-corrected chi connectivity index (χ4v) is 6.91. The fourth-order valence-electron chi connectivity index (χ4n) is 6.91. The predicted octanol–water partition coefficient (Wildman–Crippen LogP) is 3.41. The number of rotatable bonds is 1. The van der Waals surface area contributed by atoms with Crippen LogP contribution in [0.1, 0.15) is 59.3 Å². The Bertz CT molecular complexity index is 635. The number of ketones is 1. The molecular weight excluding hydrogens is 300 g/mol. The Hall–Kier alpha value is -0.930. The molecule has 4 rings (SSSR count). The third-order valence-corrected chi connectivity index (χ3v) is 8.39. The van der Waals surface area contributed by atoms with Gasteiger partial charge in [-0.2, -0.15) is 0 Å².